The number of hydrogen-bond donors (Lipinski definition) is 3. The number of halogens is 2. The van der Waals surface area contributed by atoms with Crippen molar-refractivity contribution in [1.82, 2.24) is 10.2 Å². The van der Waals surface area contributed by atoms with Gasteiger partial charge in [-0.25, -0.2) is 4.79 Å². The quantitative estimate of drug-likeness (QED) is 0.641. The maximum atomic E-state index is 12.2. The molecule has 2 rings (SSSR count). The smallest absolute Gasteiger partial charge is 0.322 e. The van der Waals surface area contributed by atoms with E-state index < -0.39 is 17.8 Å². The molecule has 3 N–H and O–H groups in total. The molecule has 0 atom stereocenters. The Morgan fingerprint density at radius 1 is 0.931 bits per heavy atom. The maximum absolute atomic E-state index is 12.2. The first kappa shape index (κ1) is 22.7. The number of nitrogens with zero attached hydrogens (tertiary/aromatic N) is 1. The Morgan fingerprint density at radius 3 is 2.17 bits per heavy atom. The summed E-state index contributed by atoms with van der Waals surface area (Å²) in [5.74, 6) is -0.937. The Morgan fingerprint density at radius 2 is 1.55 bits per heavy atom. The van der Waals surface area contributed by atoms with E-state index in [0.717, 1.165) is 11.1 Å². The van der Waals surface area contributed by atoms with Crippen molar-refractivity contribution >= 4 is 52.4 Å². The van der Waals surface area contributed by atoms with Crippen molar-refractivity contribution in [2.75, 3.05) is 30.8 Å². The van der Waals surface area contributed by atoms with Gasteiger partial charge < -0.3 is 10.6 Å². The summed E-state index contributed by atoms with van der Waals surface area (Å²) in [7, 11) is 1.58. The number of anilines is 2. The minimum absolute atomic E-state index is 0.0896. The summed E-state index contributed by atoms with van der Waals surface area (Å²) in [5, 5.41) is 8.11. The Balaban J connectivity index is 1.82. The number of carbonyl (C=O) groups excluding carboxylic acids is 3. The number of nitrogens with one attached hydrogen (secondary N) is 3. The van der Waals surface area contributed by atoms with E-state index in [1.807, 2.05) is 26.0 Å². The molecular weight excluding hydrogens is 415 g/mol. The van der Waals surface area contributed by atoms with Gasteiger partial charge in [-0.15, -0.1) is 0 Å². The van der Waals surface area contributed by atoms with Gasteiger partial charge >= 0.3 is 6.03 Å². The lowest BCUT2D eigenvalue weighted by Crippen LogP contribution is -2.42. The molecular formula is C20H22Cl2N4O3. The molecule has 0 saturated heterocycles. The lowest BCUT2D eigenvalue weighted by atomic mass is 10.1. The minimum atomic E-state index is -0.636. The normalized spacial score (nSPS) is 10.6. The molecule has 0 saturated carbocycles. The second-order valence-electron chi connectivity index (χ2n) is 6.64. The fourth-order valence-corrected chi connectivity index (χ4v) is 3.11. The summed E-state index contributed by atoms with van der Waals surface area (Å²) in [4.78, 5) is 37.7. The van der Waals surface area contributed by atoms with E-state index in [4.69, 9.17) is 23.2 Å². The Bertz CT molecular complexity index is 914. The van der Waals surface area contributed by atoms with Crippen molar-refractivity contribution in [2.24, 2.45) is 0 Å². The first-order valence-corrected chi connectivity index (χ1v) is 9.52. The Hall–Kier alpha value is -2.61. The van der Waals surface area contributed by atoms with Crippen molar-refractivity contribution in [3.05, 3.63) is 57.6 Å². The van der Waals surface area contributed by atoms with Crippen LogP contribution in [0.5, 0.6) is 0 Å². The molecule has 0 aliphatic carbocycles. The number of aryl methyl sites for hydroxylation is 2. The van der Waals surface area contributed by atoms with Crippen molar-refractivity contribution in [3.8, 4) is 0 Å². The highest BCUT2D eigenvalue weighted by molar-refractivity contribution is 6.39. The summed E-state index contributed by atoms with van der Waals surface area (Å²) in [6.45, 7) is 3.58. The Labute approximate surface area is 179 Å². The monoisotopic (exact) mass is 436 g/mol. The highest BCUT2D eigenvalue weighted by atomic mass is 35.5. The largest absolute Gasteiger partial charge is 0.325 e. The van der Waals surface area contributed by atoms with Crippen LogP contribution in [-0.4, -0.2) is 42.9 Å². The fraction of sp³-hybridized carbons (Fsp3) is 0.250. The number of carbonyl (C=O) groups is 3. The molecule has 9 heteroatoms. The zero-order chi connectivity index (χ0) is 21.6. The van der Waals surface area contributed by atoms with Gasteiger partial charge in [0, 0.05) is 5.69 Å². The van der Waals surface area contributed by atoms with Gasteiger partial charge in [0.25, 0.3) is 0 Å². The minimum Gasteiger partial charge on any atom is -0.322 e. The topological polar surface area (TPSA) is 90.5 Å². The maximum Gasteiger partial charge on any atom is 0.325 e. The second kappa shape index (κ2) is 10.2. The number of amides is 4. The summed E-state index contributed by atoms with van der Waals surface area (Å²) in [5.41, 5.74) is 2.89. The number of para-hydroxylation sites is 1. The van der Waals surface area contributed by atoms with Crippen LogP contribution in [0.4, 0.5) is 16.2 Å². The molecule has 0 bridgehead atoms. The first-order valence-electron chi connectivity index (χ1n) is 8.76. The van der Waals surface area contributed by atoms with Gasteiger partial charge in [0.2, 0.25) is 11.8 Å². The average Bonchev–Trinajstić information content (AvgIpc) is 2.60. The number of benzene rings is 2. The summed E-state index contributed by atoms with van der Waals surface area (Å²) < 4.78 is 0. The summed E-state index contributed by atoms with van der Waals surface area (Å²) in [6, 6.07) is 9.80. The van der Waals surface area contributed by atoms with Gasteiger partial charge in [-0.05, 0) is 44.7 Å². The Kier molecular flexibility index (Phi) is 8.01. The van der Waals surface area contributed by atoms with Crippen LogP contribution in [0.2, 0.25) is 10.0 Å². The van der Waals surface area contributed by atoms with Crippen LogP contribution in [0.1, 0.15) is 11.1 Å². The van der Waals surface area contributed by atoms with E-state index >= 15 is 0 Å². The highest BCUT2D eigenvalue weighted by Crippen LogP contribution is 2.29. The zero-order valence-electron chi connectivity index (χ0n) is 16.3. The third-order valence-corrected chi connectivity index (χ3v) is 4.57. The van der Waals surface area contributed by atoms with Crippen LogP contribution in [-0.2, 0) is 9.59 Å². The standard InChI is InChI=1S/C20H22Cl2N4O3/c1-12-7-8-16(13(2)9-12)23-20(29)25-18(28)11-26(3)10-17(27)24-19-14(21)5-4-6-15(19)22/h4-9H,10-11H2,1-3H3,(H,24,27)(H2,23,25,28,29). The molecule has 0 radical (unpaired) electrons. The van der Waals surface area contributed by atoms with E-state index in [-0.39, 0.29) is 13.1 Å². The molecule has 0 unspecified atom stereocenters. The van der Waals surface area contributed by atoms with Crippen LogP contribution in [0.15, 0.2) is 36.4 Å². The molecule has 0 fully saturated rings. The second-order valence-corrected chi connectivity index (χ2v) is 7.45. The van der Waals surface area contributed by atoms with E-state index in [2.05, 4.69) is 16.0 Å². The summed E-state index contributed by atoms with van der Waals surface area (Å²) in [6.07, 6.45) is 0. The number of likely N-dealkylation sites (N-methyl/N-ethyl adjacent to an activating group) is 1. The molecule has 0 aromatic heterocycles. The number of rotatable bonds is 6. The molecule has 2 aromatic rings. The van der Waals surface area contributed by atoms with Crippen molar-refractivity contribution in [2.45, 2.75) is 13.8 Å². The van der Waals surface area contributed by atoms with E-state index in [1.165, 1.54) is 4.90 Å². The molecule has 0 spiro atoms. The fourth-order valence-electron chi connectivity index (χ4n) is 2.62. The molecule has 0 aliphatic rings. The van der Waals surface area contributed by atoms with E-state index in [9.17, 15) is 14.4 Å². The van der Waals surface area contributed by atoms with Gasteiger partial charge in [-0.2, -0.15) is 0 Å². The van der Waals surface area contributed by atoms with Crippen LogP contribution >= 0.6 is 23.2 Å². The predicted molar refractivity (Wildman–Crippen MR) is 116 cm³/mol. The van der Waals surface area contributed by atoms with Gasteiger partial charge in [0.1, 0.15) is 0 Å². The SMILES string of the molecule is Cc1ccc(NC(=O)NC(=O)CN(C)CC(=O)Nc2c(Cl)cccc2Cl)c(C)c1. The average molecular weight is 437 g/mol. The molecule has 154 valence electrons. The molecule has 0 heterocycles. The van der Waals surface area contributed by atoms with Gasteiger partial charge in [-0.3, -0.25) is 19.8 Å². The van der Waals surface area contributed by atoms with E-state index in [1.54, 1.807) is 31.3 Å². The zero-order valence-corrected chi connectivity index (χ0v) is 17.8. The molecule has 7 nitrogen and oxygen atoms in total. The number of imide groups is 1. The van der Waals surface area contributed by atoms with Crippen molar-refractivity contribution < 1.29 is 14.4 Å². The van der Waals surface area contributed by atoms with Crippen LogP contribution < -0.4 is 16.0 Å². The molecule has 29 heavy (non-hydrogen) atoms. The van der Waals surface area contributed by atoms with Crippen LogP contribution in [0, 0.1) is 13.8 Å². The van der Waals surface area contributed by atoms with Gasteiger partial charge in [0.05, 0.1) is 28.8 Å². The number of hydrogen-bond acceptors (Lipinski definition) is 4. The van der Waals surface area contributed by atoms with E-state index in [0.29, 0.717) is 21.4 Å². The third kappa shape index (κ3) is 7.05. The predicted octanol–water partition coefficient (Wildman–Crippen LogP) is 3.83. The highest BCUT2D eigenvalue weighted by Gasteiger charge is 2.15. The van der Waals surface area contributed by atoms with Gasteiger partial charge in [0.15, 0.2) is 0 Å². The molecule has 2 aromatic carbocycles. The van der Waals surface area contributed by atoms with Crippen molar-refractivity contribution in [1.29, 1.82) is 0 Å². The molecule has 0 aliphatic heterocycles. The number of urea groups is 1. The van der Waals surface area contributed by atoms with Crippen molar-refractivity contribution in [3.63, 3.8) is 0 Å². The van der Waals surface area contributed by atoms with Gasteiger partial charge in [-0.1, -0.05) is 47.0 Å². The summed E-state index contributed by atoms with van der Waals surface area (Å²) >= 11 is 12.0. The first-order chi connectivity index (χ1) is 13.7. The van der Waals surface area contributed by atoms with Crippen LogP contribution in [0.25, 0.3) is 0 Å². The molecule has 4 amide bonds. The lowest BCUT2D eigenvalue weighted by Gasteiger charge is -2.17. The lowest BCUT2D eigenvalue weighted by molar-refractivity contribution is -0.121. The van der Waals surface area contributed by atoms with Crippen LogP contribution in [0.3, 0.4) is 0 Å². The third-order valence-electron chi connectivity index (χ3n) is 3.94.